The molecule has 2 aliphatic rings. The molecule has 1 saturated carbocycles. The van der Waals surface area contributed by atoms with Crippen LogP contribution in [-0.2, 0) is 4.79 Å². The van der Waals surface area contributed by atoms with Crippen molar-refractivity contribution in [2.75, 3.05) is 19.7 Å². The number of carbonyl (C=O) groups excluding carboxylic acids is 1. The van der Waals surface area contributed by atoms with Crippen LogP contribution in [0.5, 0.6) is 5.88 Å². The number of rotatable bonds is 6. The number of aliphatic carboxylic acids is 1. The van der Waals surface area contributed by atoms with E-state index in [-0.39, 0.29) is 18.2 Å². The molecule has 1 saturated heterocycles. The molecule has 0 spiro atoms. The van der Waals surface area contributed by atoms with Crippen LogP contribution in [-0.4, -0.2) is 46.6 Å². The number of likely N-dealkylation sites (tertiary alicyclic amines) is 1. The van der Waals surface area contributed by atoms with Crippen LogP contribution in [0.25, 0.3) is 0 Å². The van der Waals surface area contributed by atoms with E-state index in [1.807, 2.05) is 0 Å². The van der Waals surface area contributed by atoms with E-state index in [1.54, 1.807) is 11.0 Å². The SMILES string of the molecule is O=C(O)CC1CCN(C(=O)c2cnc(OCC3CC3)c(Cl)c2)CC1. The molecule has 2 fully saturated rings. The van der Waals surface area contributed by atoms with Gasteiger partial charge in [-0.1, -0.05) is 11.6 Å². The number of halogens is 1. The van der Waals surface area contributed by atoms with Crippen LogP contribution in [0.1, 0.15) is 42.5 Å². The van der Waals surface area contributed by atoms with Gasteiger partial charge in [0.1, 0.15) is 5.02 Å². The lowest BCUT2D eigenvalue weighted by molar-refractivity contribution is -0.138. The van der Waals surface area contributed by atoms with Crippen molar-refractivity contribution in [3.05, 3.63) is 22.8 Å². The zero-order valence-corrected chi connectivity index (χ0v) is 14.2. The normalized spacial score (nSPS) is 18.5. The minimum absolute atomic E-state index is 0.119. The van der Waals surface area contributed by atoms with Crippen molar-refractivity contribution in [3.8, 4) is 5.88 Å². The third kappa shape index (κ3) is 4.38. The van der Waals surface area contributed by atoms with E-state index < -0.39 is 5.97 Å². The molecule has 1 aliphatic heterocycles. The number of pyridine rings is 1. The van der Waals surface area contributed by atoms with Gasteiger partial charge in [0.2, 0.25) is 5.88 Å². The van der Waals surface area contributed by atoms with Gasteiger partial charge in [-0.3, -0.25) is 9.59 Å². The number of nitrogens with zero attached hydrogens (tertiary/aromatic N) is 2. The van der Waals surface area contributed by atoms with Crippen LogP contribution in [0.2, 0.25) is 5.02 Å². The van der Waals surface area contributed by atoms with Crippen molar-refractivity contribution in [1.82, 2.24) is 9.88 Å². The van der Waals surface area contributed by atoms with Crippen LogP contribution in [0.3, 0.4) is 0 Å². The van der Waals surface area contributed by atoms with Gasteiger partial charge in [0.05, 0.1) is 12.2 Å². The number of hydrogen-bond donors (Lipinski definition) is 1. The Morgan fingerprint density at radius 1 is 1.25 bits per heavy atom. The fourth-order valence-corrected chi connectivity index (χ4v) is 3.12. The Hall–Kier alpha value is -1.82. The molecular formula is C17H21ClN2O4. The zero-order chi connectivity index (χ0) is 17.1. The van der Waals surface area contributed by atoms with Crippen LogP contribution in [0, 0.1) is 11.8 Å². The smallest absolute Gasteiger partial charge is 0.303 e. The molecular weight excluding hydrogens is 332 g/mol. The van der Waals surface area contributed by atoms with Gasteiger partial charge >= 0.3 is 5.97 Å². The monoisotopic (exact) mass is 352 g/mol. The molecule has 130 valence electrons. The fourth-order valence-electron chi connectivity index (χ4n) is 2.90. The maximum absolute atomic E-state index is 12.5. The van der Waals surface area contributed by atoms with Gasteiger partial charge in [-0.2, -0.15) is 0 Å². The molecule has 3 rings (SSSR count). The number of aromatic nitrogens is 1. The van der Waals surface area contributed by atoms with Gasteiger partial charge in [0, 0.05) is 25.7 Å². The number of piperidine rings is 1. The van der Waals surface area contributed by atoms with Crippen molar-refractivity contribution in [2.24, 2.45) is 11.8 Å². The summed E-state index contributed by atoms with van der Waals surface area (Å²) in [6.45, 7) is 1.75. The molecule has 0 unspecified atom stereocenters. The Kier molecular flexibility index (Phi) is 5.23. The highest BCUT2D eigenvalue weighted by Gasteiger charge is 2.26. The number of carboxylic acid groups (broad SMARTS) is 1. The summed E-state index contributed by atoms with van der Waals surface area (Å²) >= 11 is 6.17. The number of hydrogen-bond acceptors (Lipinski definition) is 4. The standard InChI is InChI=1S/C17H21ClN2O4/c18-14-8-13(9-19-16(14)24-10-12-1-2-12)17(23)20-5-3-11(4-6-20)7-15(21)22/h8-9,11-12H,1-7,10H2,(H,21,22). The summed E-state index contributed by atoms with van der Waals surface area (Å²) in [6, 6.07) is 1.60. The van der Waals surface area contributed by atoms with E-state index >= 15 is 0 Å². The first-order valence-corrected chi connectivity index (χ1v) is 8.70. The van der Waals surface area contributed by atoms with E-state index in [0.29, 0.717) is 54.9 Å². The summed E-state index contributed by atoms with van der Waals surface area (Å²) in [6.07, 6.45) is 5.46. The van der Waals surface area contributed by atoms with E-state index in [4.69, 9.17) is 21.4 Å². The second-order valence-electron chi connectivity index (χ2n) is 6.60. The lowest BCUT2D eigenvalue weighted by Gasteiger charge is -2.31. The van der Waals surface area contributed by atoms with Crippen molar-refractivity contribution in [3.63, 3.8) is 0 Å². The molecule has 2 heterocycles. The fraction of sp³-hybridized carbons (Fsp3) is 0.588. The number of ether oxygens (including phenoxy) is 1. The molecule has 6 nitrogen and oxygen atoms in total. The predicted octanol–water partition coefficient (Wildman–Crippen LogP) is 2.85. The van der Waals surface area contributed by atoms with Gasteiger partial charge in [0.15, 0.2) is 0 Å². The molecule has 7 heteroatoms. The summed E-state index contributed by atoms with van der Waals surface area (Å²) < 4.78 is 5.57. The topological polar surface area (TPSA) is 79.7 Å². The first-order chi connectivity index (χ1) is 11.5. The quantitative estimate of drug-likeness (QED) is 0.851. The molecule has 1 aliphatic carbocycles. The molecule has 0 bridgehead atoms. The van der Waals surface area contributed by atoms with E-state index in [9.17, 15) is 9.59 Å². The molecule has 1 aromatic heterocycles. The van der Waals surface area contributed by atoms with Gasteiger partial charge in [-0.05, 0) is 43.6 Å². The Morgan fingerprint density at radius 2 is 1.96 bits per heavy atom. The Labute approximate surface area is 145 Å². The Morgan fingerprint density at radius 3 is 2.54 bits per heavy atom. The third-order valence-electron chi connectivity index (χ3n) is 4.57. The van der Waals surface area contributed by atoms with Crippen LogP contribution < -0.4 is 4.74 Å². The number of amides is 1. The maximum atomic E-state index is 12.5. The average Bonchev–Trinajstić information content (AvgIpc) is 3.37. The van der Waals surface area contributed by atoms with E-state index in [2.05, 4.69) is 4.98 Å². The maximum Gasteiger partial charge on any atom is 0.303 e. The van der Waals surface area contributed by atoms with Crippen LogP contribution in [0.4, 0.5) is 0 Å². The van der Waals surface area contributed by atoms with Gasteiger partial charge < -0.3 is 14.7 Å². The van der Waals surface area contributed by atoms with E-state index in [0.717, 1.165) is 0 Å². The largest absolute Gasteiger partial charge is 0.481 e. The molecule has 0 radical (unpaired) electrons. The number of carboxylic acids is 1. The third-order valence-corrected chi connectivity index (χ3v) is 4.84. The second-order valence-corrected chi connectivity index (χ2v) is 7.01. The summed E-state index contributed by atoms with van der Waals surface area (Å²) in [5, 5.41) is 9.19. The van der Waals surface area contributed by atoms with Gasteiger partial charge in [-0.15, -0.1) is 0 Å². The van der Waals surface area contributed by atoms with Gasteiger partial charge in [-0.25, -0.2) is 4.98 Å². The van der Waals surface area contributed by atoms with E-state index in [1.165, 1.54) is 19.0 Å². The lowest BCUT2D eigenvalue weighted by atomic mass is 9.93. The first kappa shape index (κ1) is 17.0. The molecule has 24 heavy (non-hydrogen) atoms. The highest BCUT2D eigenvalue weighted by Crippen LogP contribution is 2.31. The molecule has 1 N–H and O–H groups in total. The highest BCUT2D eigenvalue weighted by molar-refractivity contribution is 6.32. The summed E-state index contributed by atoms with van der Waals surface area (Å²) in [5.41, 5.74) is 0.440. The summed E-state index contributed by atoms with van der Waals surface area (Å²) in [4.78, 5) is 29.2. The van der Waals surface area contributed by atoms with Crippen molar-refractivity contribution >= 4 is 23.5 Å². The summed E-state index contributed by atoms with van der Waals surface area (Å²) in [5.74, 6) is 0.229. The molecule has 1 amide bonds. The van der Waals surface area contributed by atoms with Gasteiger partial charge in [0.25, 0.3) is 5.91 Å². The number of carbonyl (C=O) groups is 2. The highest BCUT2D eigenvalue weighted by atomic mass is 35.5. The minimum atomic E-state index is -0.780. The molecule has 0 atom stereocenters. The zero-order valence-electron chi connectivity index (χ0n) is 13.4. The van der Waals surface area contributed by atoms with Crippen molar-refractivity contribution < 1.29 is 19.4 Å². The van der Waals surface area contributed by atoms with Crippen LogP contribution >= 0.6 is 11.6 Å². The van der Waals surface area contributed by atoms with Crippen molar-refractivity contribution in [2.45, 2.75) is 32.1 Å². The first-order valence-electron chi connectivity index (χ1n) is 8.32. The van der Waals surface area contributed by atoms with Crippen LogP contribution in [0.15, 0.2) is 12.3 Å². The van der Waals surface area contributed by atoms with Crippen molar-refractivity contribution in [1.29, 1.82) is 0 Å². The second kappa shape index (κ2) is 7.38. The Balaban J connectivity index is 1.56. The minimum Gasteiger partial charge on any atom is -0.481 e. The summed E-state index contributed by atoms with van der Waals surface area (Å²) in [7, 11) is 0. The average molecular weight is 353 g/mol. The molecule has 0 aromatic carbocycles. The Bertz CT molecular complexity index is 625. The predicted molar refractivity (Wildman–Crippen MR) is 88.3 cm³/mol. The molecule has 1 aromatic rings. The lowest BCUT2D eigenvalue weighted by Crippen LogP contribution is -2.39.